The first kappa shape index (κ1) is 13.3. The largest absolute Gasteiger partial charge is 0.444 e. The van der Waals surface area contributed by atoms with Gasteiger partial charge in [-0.1, -0.05) is 0 Å². The standard InChI is InChI=1S/C11H21NO4/c1-8-9(13)7-12(5-6-15-8)10(14)16-11(2,3)4/h8-9,13H,5-7H2,1-4H3/t8-,9-/m0/s1. The fourth-order valence-electron chi connectivity index (χ4n) is 1.42. The van der Waals surface area contributed by atoms with E-state index < -0.39 is 17.8 Å². The molecule has 94 valence electrons. The molecule has 5 nitrogen and oxygen atoms in total. The lowest BCUT2D eigenvalue weighted by atomic mass is 10.2. The number of carbonyl (C=O) groups excluding carboxylic acids is 1. The summed E-state index contributed by atoms with van der Waals surface area (Å²) in [4.78, 5) is 13.2. The van der Waals surface area contributed by atoms with E-state index in [1.54, 1.807) is 6.92 Å². The minimum atomic E-state index is -0.657. The van der Waals surface area contributed by atoms with Crippen molar-refractivity contribution in [2.75, 3.05) is 19.7 Å². The van der Waals surface area contributed by atoms with E-state index in [4.69, 9.17) is 9.47 Å². The molecule has 0 radical (unpaired) electrons. The summed E-state index contributed by atoms with van der Waals surface area (Å²) in [7, 11) is 0. The van der Waals surface area contributed by atoms with Gasteiger partial charge in [-0.2, -0.15) is 0 Å². The number of hydrogen-bond donors (Lipinski definition) is 1. The molecule has 0 unspecified atom stereocenters. The number of amides is 1. The Kier molecular flexibility index (Phi) is 4.15. The number of aliphatic hydroxyl groups is 1. The van der Waals surface area contributed by atoms with Crippen LogP contribution in [-0.2, 0) is 9.47 Å². The van der Waals surface area contributed by atoms with Crippen LogP contribution in [0.2, 0.25) is 0 Å². The van der Waals surface area contributed by atoms with Gasteiger partial charge in [-0.05, 0) is 27.7 Å². The van der Waals surface area contributed by atoms with E-state index in [0.717, 1.165) is 0 Å². The molecule has 1 aliphatic rings. The molecular weight excluding hydrogens is 210 g/mol. The van der Waals surface area contributed by atoms with Crippen molar-refractivity contribution in [2.45, 2.75) is 45.5 Å². The van der Waals surface area contributed by atoms with Crippen LogP contribution in [0.1, 0.15) is 27.7 Å². The topological polar surface area (TPSA) is 59.0 Å². The summed E-state index contributed by atoms with van der Waals surface area (Å²) in [5, 5.41) is 9.70. The molecule has 1 N–H and O–H groups in total. The molecule has 0 spiro atoms. The lowest BCUT2D eigenvalue weighted by Gasteiger charge is -2.27. The summed E-state index contributed by atoms with van der Waals surface area (Å²) in [6.07, 6.45) is -1.30. The second-order valence-electron chi connectivity index (χ2n) is 5.07. The minimum Gasteiger partial charge on any atom is -0.444 e. The highest BCUT2D eigenvalue weighted by Gasteiger charge is 2.28. The van der Waals surface area contributed by atoms with Gasteiger partial charge in [0.2, 0.25) is 0 Å². The Morgan fingerprint density at radius 2 is 2.12 bits per heavy atom. The molecule has 2 atom stereocenters. The van der Waals surface area contributed by atoms with Crippen molar-refractivity contribution in [1.29, 1.82) is 0 Å². The van der Waals surface area contributed by atoms with E-state index in [0.29, 0.717) is 13.2 Å². The van der Waals surface area contributed by atoms with Crippen molar-refractivity contribution in [1.82, 2.24) is 4.90 Å². The van der Waals surface area contributed by atoms with Gasteiger partial charge < -0.3 is 19.5 Å². The highest BCUT2D eigenvalue weighted by atomic mass is 16.6. The fraction of sp³-hybridized carbons (Fsp3) is 0.909. The molecule has 0 aromatic rings. The van der Waals surface area contributed by atoms with Crippen LogP contribution in [0.5, 0.6) is 0 Å². The molecule has 1 rings (SSSR count). The molecule has 1 fully saturated rings. The fourth-order valence-corrected chi connectivity index (χ4v) is 1.42. The Balaban J connectivity index is 2.56. The maximum Gasteiger partial charge on any atom is 0.410 e. The van der Waals surface area contributed by atoms with Crippen LogP contribution in [0.3, 0.4) is 0 Å². The summed E-state index contributed by atoms with van der Waals surface area (Å²) in [5.41, 5.74) is -0.513. The average Bonchev–Trinajstić information content (AvgIpc) is 2.27. The number of aliphatic hydroxyl groups excluding tert-OH is 1. The van der Waals surface area contributed by atoms with Crippen LogP contribution in [0.25, 0.3) is 0 Å². The summed E-state index contributed by atoms with van der Waals surface area (Å²) >= 11 is 0. The Morgan fingerprint density at radius 1 is 1.50 bits per heavy atom. The van der Waals surface area contributed by atoms with E-state index in [1.807, 2.05) is 20.8 Å². The highest BCUT2D eigenvalue weighted by molar-refractivity contribution is 5.68. The van der Waals surface area contributed by atoms with Gasteiger partial charge in [0.15, 0.2) is 0 Å². The van der Waals surface area contributed by atoms with Crippen LogP contribution >= 0.6 is 0 Å². The van der Waals surface area contributed by atoms with Crippen LogP contribution in [0, 0.1) is 0 Å². The molecule has 1 saturated heterocycles. The molecule has 1 amide bonds. The second-order valence-corrected chi connectivity index (χ2v) is 5.07. The van der Waals surface area contributed by atoms with Crippen LogP contribution in [0.4, 0.5) is 4.79 Å². The second kappa shape index (κ2) is 5.01. The van der Waals surface area contributed by atoms with Crippen molar-refractivity contribution in [3.63, 3.8) is 0 Å². The Hall–Kier alpha value is -0.810. The Bertz CT molecular complexity index is 249. The Morgan fingerprint density at radius 3 is 2.69 bits per heavy atom. The minimum absolute atomic E-state index is 0.243. The van der Waals surface area contributed by atoms with E-state index in [1.165, 1.54) is 4.90 Å². The number of carbonyl (C=O) groups is 1. The quantitative estimate of drug-likeness (QED) is 0.675. The number of nitrogens with zero attached hydrogens (tertiary/aromatic N) is 1. The summed E-state index contributed by atoms with van der Waals surface area (Å²) in [6.45, 7) is 8.39. The van der Waals surface area contributed by atoms with Crippen LogP contribution in [-0.4, -0.2) is 53.6 Å². The van der Waals surface area contributed by atoms with Gasteiger partial charge in [-0.25, -0.2) is 4.79 Å². The zero-order chi connectivity index (χ0) is 12.3. The first-order chi connectivity index (χ1) is 7.29. The molecule has 0 bridgehead atoms. The van der Waals surface area contributed by atoms with Crippen LogP contribution in [0.15, 0.2) is 0 Å². The van der Waals surface area contributed by atoms with Crippen molar-refractivity contribution in [3.05, 3.63) is 0 Å². The number of β-amino-alcohol motifs (C(OH)–C–C–N with tert-alkyl or cyclic N) is 1. The normalized spacial score (nSPS) is 27.4. The molecular formula is C11H21NO4. The third-order valence-electron chi connectivity index (χ3n) is 2.34. The lowest BCUT2D eigenvalue weighted by Crippen LogP contribution is -2.42. The molecule has 16 heavy (non-hydrogen) atoms. The molecule has 0 aromatic heterocycles. The van der Waals surface area contributed by atoms with Crippen molar-refractivity contribution in [3.8, 4) is 0 Å². The summed E-state index contributed by atoms with van der Waals surface area (Å²) in [6, 6.07) is 0. The number of ether oxygens (including phenoxy) is 2. The third-order valence-corrected chi connectivity index (χ3v) is 2.34. The molecule has 0 aromatic carbocycles. The number of rotatable bonds is 0. The first-order valence-electron chi connectivity index (χ1n) is 5.57. The van der Waals surface area contributed by atoms with Gasteiger partial charge >= 0.3 is 6.09 Å². The van der Waals surface area contributed by atoms with Gasteiger partial charge in [0.25, 0.3) is 0 Å². The van der Waals surface area contributed by atoms with Gasteiger partial charge in [-0.3, -0.25) is 0 Å². The predicted molar refractivity (Wildman–Crippen MR) is 59.2 cm³/mol. The number of hydrogen-bond acceptors (Lipinski definition) is 4. The van der Waals surface area contributed by atoms with Gasteiger partial charge in [0.05, 0.1) is 25.4 Å². The van der Waals surface area contributed by atoms with Crippen LogP contribution < -0.4 is 0 Å². The monoisotopic (exact) mass is 231 g/mol. The van der Waals surface area contributed by atoms with E-state index in [2.05, 4.69) is 0 Å². The van der Waals surface area contributed by atoms with E-state index >= 15 is 0 Å². The maximum absolute atomic E-state index is 11.8. The zero-order valence-electron chi connectivity index (χ0n) is 10.4. The van der Waals surface area contributed by atoms with Gasteiger partial charge in [0.1, 0.15) is 5.60 Å². The van der Waals surface area contributed by atoms with E-state index in [9.17, 15) is 9.90 Å². The highest BCUT2D eigenvalue weighted by Crippen LogP contribution is 2.13. The van der Waals surface area contributed by atoms with Crippen molar-refractivity contribution in [2.24, 2.45) is 0 Å². The molecule has 5 heteroatoms. The zero-order valence-corrected chi connectivity index (χ0v) is 10.4. The van der Waals surface area contributed by atoms with Crippen molar-refractivity contribution >= 4 is 6.09 Å². The third kappa shape index (κ3) is 3.98. The first-order valence-corrected chi connectivity index (χ1v) is 5.57. The van der Waals surface area contributed by atoms with Gasteiger partial charge in [0, 0.05) is 6.54 Å². The summed E-state index contributed by atoms with van der Waals surface area (Å²) < 4.78 is 10.6. The Labute approximate surface area is 96.3 Å². The molecule has 0 aliphatic carbocycles. The van der Waals surface area contributed by atoms with Crippen molar-refractivity contribution < 1.29 is 19.4 Å². The van der Waals surface area contributed by atoms with Gasteiger partial charge in [-0.15, -0.1) is 0 Å². The molecule has 0 saturated carbocycles. The lowest BCUT2D eigenvalue weighted by molar-refractivity contribution is -0.00988. The average molecular weight is 231 g/mol. The molecule has 1 heterocycles. The maximum atomic E-state index is 11.8. The SMILES string of the molecule is C[C@@H]1OCCN(C(=O)OC(C)(C)C)C[C@@H]1O. The van der Waals surface area contributed by atoms with E-state index in [-0.39, 0.29) is 12.6 Å². The molecule has 1 aliphatic heterocycles. The summed E-state index contributed by atoms with van der Waals surface area (Å²) in [5.74, 6) is 0. The smallest absolute Gasteiger partial charge is 0.410 e. The predicted octanol–water partition coefficient (Wildman–Crippen LogP) is 1.00.